The lowest BCUT2D eigenvalue weighted by Crippen LogP contribution is -2.40. The van der Waals surface area contributed by atoms with Gasteiger partial charge in [-0.2, -0.15) is 0 Å². The summed E-state index contributed by atoms with van der Waals surface area (Å²) in [5.41, 5.74) is 0.174. The Morgan fingerprint density at radius 3 is 2.48 bits per heavy atom. The topological polar surface area (TPSA) is 46.6 Å². The van der Waals surface area contributed by atoms with Crippen molar-refractivity contribution in [2.45, 2.75) is 32.2 Å². The number of esters is 1. The molecule has 0 spiro atoms. The van der Waals surface area contributed by atoms with Crippen molar-refractivity contribution in [2.24, 2.45) is 5.92 Å². The number of carbonyl (C=O) groups is 2. The van der Waals surface area contributed by atoms with Crippen molar-refractivity contribution in [2.75, 3.05) is 14.2 Å². The van der Waals surface area contributed by atoms with E-state index in [4.69, 9.17) is 4.74 Å². The predicted octanol–water partition coefficient (Wildman–Crippen LogP) is 2.37. The van der Waals surface area contributed by atoms with Crippen LogP contribution >= 0.6 is 0 Å². The van der Waals surface area contributed by atoms with E-state index in [2.05, 4.69) is 0 Å². The van der Waals surface area contributed by atoms with Gasteiger partial charge in [-0.15, -0.1) is 0 Å². The molecule has 1 aliphatic rings. The van der Waals surface area contributed by atoms with Crippen molar-refractivity contribution in [3.63, 3.8) is 0 Å². The highest BCUT2D eigenvalue weighted by Gasteiger charge is 2.53. The number of likely N-dealkylation sites (tertiary alicyclic amines) is 1. The van der Waals surface area contributed by atoms with Crippen LogP contribution in [0.3, 0.4) is 0 Å². The zero-order valence-corrected chi connectivity index (χ0v) is 12.9. The summed E-state index contributed by atoms with van der Waals surface area (Å²) < 4.78 is 18.5. The van der Waals surface area contributed by atoms with Crippen LogP contribution in [0.15, 0.2) is 18.2 Å². The van der Waals surface area contributed by atoms with E-state index in [1.807, 2.05) is 20.8 Å². The summed E-state index contributed by atoms with van der Waals surface area (Å²) >= 11 is 0. The van der Waals surface area contributed by atoms with E-state index in [-0.39, 0.29) is 17.9 Å². The second-order valence-electron chi connectivity index (χ2n) is 5.81. The van der Waals surface area contributed by atoms with Crippen LogP contribution in [0.25, 0.3) is 0 Å². The zero-order chi connectivity index (χ0) is 15.9. The van der Waals surface area contributed by atoms with Gasteiger partial charge in [0.1, 0.15) is 5.82 Å². The van der Waals surface area contributed by atoms with Gasteiger partial charge in [-0.1, -0.05) is 13.8 Å². The van der Waals surface area contributed by atoms with Gasteiger partial charge in [-0.25, -0.2) is 9.18 Å². The molecule has 2 rings (SSSR count). The summed E-state index contributed by atoms with van der Waals surface area (Å²) in [6.45, 7) is 5.62. The second kappa shape index (κ2) is 5.13. The van der Waals surface area contributed by atoms with Crippen LogP contribution in [-0.4, -0.2) is 37.0 Å². The molecule has 0 bridgehead atoms. The van der Waals surface area contributed by atoms with Crippen molar-refractivity contribution >= 4 is 11.9 Å². The Kier molecular flexibility index (Phi) is 3.78. The molecule has 3 atom stereocenters. The van der Waals surface area contributed by atoms with Gasteiger partial charge in [0.15, 0.2) is 0 Å². The van der Waals surface area contributed by atoms with Gasteiger partial charge >= 0.3 is 5.97 Å². The van der Waals surface area contributed by atoms with E-state index in [1.165, 1.54) is 25.3 Å². The number of methoxy groups -OCH3 is 1. The number of carbonyl (C=O) groups excluding carboxylic acids is 2. The van der Waals surface area contributed by atoms with Crippen molar-refractivity contribution in [3.8, 4) is 0 Å². The molecule has 1 aliphatic heterocycles. The van der Waals surface area contributed by atoms with E-state index >= 15 is 0 Å². The fourth-order valence-electron chi connectivity index (χ4n) is 3.23. The largest absolute Gasteiger partial charge is 0.465 e. The molecular weight excluding hydrogens is 273 g/mol. The number of hydrogen-bond acceptors (Lipinski definition) is 3. The molecule has 1 aromatic carbocycles. The van der Waals surface area contributed by atoms with Gasteiger partial charge in [-0.3, -0.25) is 4.79 Å². The standard InChI is InChI=1S/C16H20FNO3/c1-9-14(19)18(4)10(2)16(9,3)13-8-11(17)6-7-12(13)15(20)21-5/h6-10H,1-5H3. The quantitative estimate of drug-likeness (QED) is 0.786. The van der Waals surface area contributed by atoms with Crippen LogP contribution in [0.2, 0.25) is 0 Å². The molecule has 114 valence electrons. The van der Waals surface area contributed by atoms with Crippen LogP contribution in [0, 0.1) is 11.7 Å². The van der Waals surface area contributed by atoms with Crippen LogP contribution in [0.1, 0.15) is 36.7 Å². The van der Waals surface area contributed by atoms with E-state index in [0.717, 1.165) is 0 Å². The SMILES string of the molecule is COC(=O)c1ccc(F)cc1C1(C)C(C)C(=O)N(C)C1C. The van der Waals surface area contributed by atoms with Gasteiger partial charge in [-0.05, 0) is 30.7 Å². The summed E-state index contributed by atoms with van der Waals surface area (Å²) in [6, 6.07) is 3.84. The summed E-state index contributed by atoms with van der Waals surface area (Å²) in [4.78, 5) is 25.9. The Morgan fingerprint density at radius 1 is 1.38 bits per heavy atom. The van der Waals surface area contributed by atoms with E-state index < -0.39 is 17.2 Å². The smallest absolute Gasteiger partial charge is 0.338 e. The lowest BCUT2D eigenvalue weighted by Gasteiger charge is -2.34. The van der Waals surface area contributed by atoms with E-state index in [1.54, 1.807) is 11.9 Å². The third kappa shape index (κ3) is 2.11. The minimum Gasteiger partial charge on any atom is -0.465 e. The Labute approximate surface area is 123 Å². The monoisotopic (exact) mass is 293 g/mol. The lowest BCUT2D eigenvalue weighted by molar-refractivity contribution is -0.130. The molecule has 3 unspecified atom stereocenters. The van der Waals surface area contributed by atoms with Crippen molar-refractivity contribution in [3.05, 3.63) is 35.1 Å². The predicted molar refractivity (Wildman–Crippen MR) is 76.5 cm³/mol. The van der Waals surface area contributed by atoms with Gasteiger partial charge in [0.25, 0.3) is 0 Å². The Balaban J connectivity index is 2.67. The normalized spacial score (nSPS) is 28.9. The summed E-state index contributed by atoms with van der Waals surface area (Å²) in [5, 5.41) is 0. The Bertz CT molecular complexity index is 601. The molecule has 1 heterocycles. The summed E-state index contributed by atoms with van der Waals surface area (Å²) in [5.74, 6) is -1.30. The molecule has 1 saturated heterocycles. The molecule has 1 fully saturated rings. The Hall–Kier alpha value is -1.91. The molecule has 0 aromatic heterocycles. The lowest BCUT2D eigenvalue weighted by atomic mass is 9.69. The van der Waals surface area contributed by atoms with Crippen molar-refractivity contribution < 1.29 is 18.7 Å². The number of nitrogens with zero attached hydrogens (tertiary/aromatic N) is 1. The fourth-order valence-corrected chi connectivity index (χ4v) is 3.23. The first-order chi connectivity index (χ1) is 9.75. The maximum atomic E-state index is 13.7. The van der Waals surface area contributed by atoms with Gasteiger partial charge in [0, 0.05) is 24.4 Å². The highest BCUT2D eigenvalue weighted by molar-refractivity contribution is 5.93. The maximum absolute atomic E-state index is 13.7. The number of hydrogen-bond donors (Lipinski definition) is 0. The van der Waals surface area contributed by atoms with Gasteiger partial charge in [0.2, 0.25) is 5.91 Å². The summed E-state index contributed by atoms with van der Waals surface area (Å²) in [6.07, 6.45) is 0. The van der Waals surface area contributed by atoms with Gasteiger partial charge < -0.3 is 9.64 Å². The van der Waals surface area contributed by atoms with E-state index in [0.29, 0.717) is 11.1 Å². The number of halogens is 1. The Morgan fingerprint density at radius 2 is 2.00 bits per heavy atom. The van der Waals surface area contributed by atoms with Crippen LogP contribution in [0.5, 0.6) is 0 Å². The first-order valence-corrected chi connectivity index (χ1v) is 6.90. The number of likely N-dealkylation sites (N-methyl/N-ethyl adjacent to an activating group) is 1. The average molecular weight is 293 g/mol. The highest BCUT2D eigenvalue weighted by atomic mass is 19.1. The minimum atomic E-state index is -0.655. The number of benzene rings is 1. The minimum absolute atomic E-state index is 0.00919. The summed E-state index contributed by atoms with van der Waals surface area (Å²) in [7, 11) is 3.02. The molecule has 0 N–H and O–H groups in total. The average Bonchev–Trinajstić information content (AvgIpc) is 2.63. The van der Waals surface area contributed by atoms with Crippen molar-refractivity contribution in [1.29, 1.82) is 0 Å². The van der Waals surface area contributed by atoms with Gasteiger partial charge in [0.05, 0.1) is 12.7 Å². The first-order valence-electron chi connectivity index (χ1n) is 6.90. The third-order valence-corrected chi connectivity index (χ3v) is 5.03. The molecule has 4 nitrogen and oxygen atoms in total. The van der Waals surface area contributed by atoms with Crippen LogP contribution in [-0.2, 0) is 14.9 Å². The molecule has 0 radical (unpaired) electrons. The molecule has 0 saturated carbocycles. The highest BCUT2D eigenvalue weighted by Crippen LogP contribution is 2.45. The molecule has 0 aliphatic carbocycles. The molecule has 21 heavy (non-hydrogen) atoms. The number of rotatable bonds is 2. The molecule has 5 heteroatoms. The fraction of sp³-hybridized carbons (Fsp3) is 0.500. The maximum Gasteiger partial charge on any atom is 0.338 e. The second-order valence-corrected chi connectivity index (χ2v) is 5.81. The zero-order valence-electron chi connectivity index (χ0n) is 12.9. The molecular formula is C16H20FNO3. The van der Waals surface area contributed by atoms with Crippen molar-refractivity contribution in [1.82, 2.24) is 4.90 Å². The third-order valence-electron chi connectivity index (χ3n) is 5.03. The van der Waals surface area contributed by atoms with Crippen LogP contribution < -0.4 is 0 Å². The van der Waals surface area contributed by atoms with Crippen LogP contribution in [0.4, 0.5) is 4.39 Å². The number of ether oxygens (including phenoxy) is 1. The molecule has 1 amide bonds. The number of amides is 1. The first kappa shape index (κ1) is 15.5. The molecule has 1 aromatic rings. The van der Waals surface area contributed by atoms with E-state index in [9.17, 15) is 14.0 Å².